The molecule has 0 saturated heterocycles. The molecular formula is C19H20F3N3O4. The number of amides is 2. The molecule has 156 valence electrons. The highest BCUT2D eigenvalue weighted by molar-refractivity contribution is 5.95. The van der Waals surface area contributed by atoms with E-state index >= 15 is 0 Å². The Morgan fingerprint density at radius 3 is 2.34 bits per heavy atom. The minimum Gasteiger partial charge on any atom is -0.497 e. The zero-order valence-electron chi connectivity index (χ0n) is 15.9. The molecule has 2 aromatic rings. The molecule has 0 saturated carbocycles. The van der Waals surface area contributed by atoms with Crippen LogP contribution in [0.5, 0.6) is 11.5 Å². The molecule has 2 amide bonds. The van der Waals surface area contributed by atoms with Gasteiger partial charge in [0.1, 0.15) is 17.5 Å². The molecule has 0 aromatic heterocycles. The third kappa shape index (κ3) is 5.53. The van der Waals surface area contributed by atoms with Crippen molar-refractivity contribution in [2.75, 3.05) is 31.4 Å². The lowest BCUT2D eigenvalue weighted by Crippen LogP contribution is -2.41. The van der Waals surface area contributed by atoms with Crippen molar-refractivity contribution >= 4 is 23.2 Å². The minimum atomic E-state index is -1.70. The van der Waals surface area contributed by atoms with Crippen molar-refractivity contribution in [1.82, 2.24) is 5.32 Å². The predicted molar refractivity (Wildman–Crippen MR) is 101 cm³/mol. The SMILES string of the molecule is COc1ccc(NC(C)C(=O)NCC(=O)Nc2ccc(F)c(F)c2F)c(OC)c1. The van der Waals surface area contributed by atoms with Crippen molar-refractivity contribution < 1.29 is 32.2 Å². The summed E-state index contributed by atoms with van der Waals surface area (Å²) in [6.45, 7) is 1.06. The molecule has 2 rings (SSSR count). The summed E-state index contributed by atoms with van der Waals surface area (Å²) in [5.41, 5.74) is 0.00144. The Morgan fingerprint density at radius 1 is 1.00 bits per heavy atom. The minimum absolute atomic E-state index is 0.454. The monoisotopic (exact) mass is 411 g/mol. The summed E-state index contributed by atoms with van der Waals surface area (Å²) < 4.78 is 50.0. The van der Waals surface area contributed by atoms with Gasteiger partial charge in [0, 0.05) is 6.07 Å². The quantitative estimate of drug-likeness (QED) is 0.582. The third-order valence-electron chi connectivity index (χ3n) is 3.91. The second-order valence-corrected chi connectivity index (χ2v) is 5.92. The molecule has 0 radical (unpaired) electrons. The van der Waals surface area contributed by atoms with Crippen LogP contribution in [0.4, 0.5) is 24.5 Å². The van der Waals surface area contributed by atoms with Crippen LogP contribution in [-0.2, 0) is 9.59 Å². The van der Waals surface area contributed by atoms with Gasteiger partial charge in [-0.25, -0.2) is 13.2 Å². The van der Waals surface area contributed by atoms with E-state index < -0.39 is 47.5 Å². The summed E-state index contributed by atoms with van der Waals surface area (Å²) in [6, 6.07) is 5.80. The third-order valence-corrected chi connectivity index (χ3v) is 3.91. The van der Waals surface area contributed by atoms with Crippen molar-refractivity contribution in [3.63, 3.8) is 0 Å². The first-order valence-corrected chi connectivity index (χ1v) is 8.46. The van der Waals surface area contributed by atoms with Crippen LogP contribution in [0.15, 0.2) is 30.3 Å². The van der Waals surface area contributed by atoms with Crippen molar-refractivity contribution in [3.05, 3.63) is 47.8 Å². The van der Waals surface area contributed by atoms with Crippen LogP contribution in [0.3, 0.4) is 0 Å². The van der Waals surface area contributed by atoms with Crippen LogP contribution in [-0.4, -0.2) is 38.6 Å². The van der Waals surface area contributed by atoms with E-state index in [4.69, 9.17) is 9.47 Å². The van der Waals surface area contributed by atoms with Crippen molar-refractivity contribution in [2.45, 2.75) is 13.0 Å². The van der Waals surface area contributed by atoms with E-state index in [-0.39, 0.29) is 0 Å². The van der Waals surface area contributed by atoms with E-state index in [1.807, 2.05) is 0 Å². The number of ether oxygens (including phenoxy) is 2. The highest BCUT2D eigenvalue weighted by Gasteiger charge is 2.18. The topological polar surface area (TPSA) is 88.7 Å². The second kappa shape index (κ2) is 9.67. The number of nitrogens with one attached hydrogen (secondary N) is 3. The molecule has 0 spiro atoms. The first-order valence-electron chi connectivity index (χ1n) is 8.46. The lowest BCUT2D eigenvalue weighted by atomic mass is 10.2. The van der Waals surface area contributed by atoms with Gasteiger partial charge in [-0.3, -0.25) is 9.59 Å². The molecule has 2 aromatic carbocycles. The fraction of sp³-hybridized carbons (Fsp3) is 0.263. The van der Waals surface area contributed by atoms with Gasteiger partial charge in [0.15, 0.2) is 17.5 Å². The van der Waals surface area contributed by atoms with Gasteiger partial charge in [0.05, 0.1) is 32.1 Å². The van der Waals surface area contributed by atoms with E-state index in [0.717, 1.165) is 6.07 Å². The first-order chi connectivity index (χ1) is 13.8. The predicted octanol–water partition coefficient (Wildman–Crippen LogP) is 2.68. The maximum absolute atomic E-state index is 13.6. The molecular weight excluding hydrogens is 391 g/mol. The number of carbonyl (C=O) groups excluding carboxylic acids is 2. The Hall–Kier alpha value is -3.43. The van der Waals surface area contributed by atoms with E-state index in [0.29, 0.717) is 23.3 Å². The lowest BCUT2D eigenvalue weighted by molar-refractivity contribution is -0.124. The zero-order valence-corrected chi connectivity index (χ0v) is 15.9. The van der Waals surface area contributed by atoms with E-state index in [1.54, 1.807) is 25.1 Å². The number of methoxy groups -OCH3 is 2. The van der Waals surface area contributed by atoms with Gasteiger partial charge in [0.25, 0.3) is 0 Å². The van der Waals surface area contributed by atoms with Gasteiger partial charge in [-0.05, 0) is 31.2 Å². The van der Waals surface area contributed by atoms with E-state index in [2.05, 4.69) is 16.0 Å². The van der Waals surface area contributed by atoms with Gasteiger partial charge in [-0.1, -0.05) is 0 Å². The smallest absolute Gasteiger partial charge is 0.243 e. The highest BCUT2D eigenvalue weighted by Crippen LogP contribution is 2.29. The summed E-state index contributed by atoms with van der Waals surface area (Å²) in [7, 11) is 2.97. The van der Waals surface area contributed by atoms with Crippen molar-refractivity contribution in [3.8, 4) is 11.5 Å². The lowest BCUT2D eigenvalue weighted by Gasteiger charge is -2.18. The average molecular weight is 411 g/mol. The normalized spacial score (nSPS) is 11.4. The number of carbonyl (C=O) groups is 2. The fourth-order valence-corrected chi connectivity index (χ4v) is 2.35. The molecule has 0 heterocycles. The number of hydrogen-bond acceptors (Lipinski definition) is 5. The second-order valence-electron chi connectivity index (χ2n) is 5.92. The molecule has 0 aliphatic carbocycles. The van der Waals surface area contributed by atoms with E-state index in [9.17, 15) is 22.8 Å². The Balaban J connectivity index is 1.92. The van der Waals surface area contributed by atoms with Crippen LogP contribution in [0, 0.1) is 17.5 Å². The highest BCUT2D eigenvalue weighted by atomic mass is 19.2. The maximum atomic E-state index is 13.6. The number of benzene rings is 2. The standard InChI is InChI=1S/C19H20F3N3O4/c1-10(24-13-6-4-11(28-2)8-15(13)29-3)19(27)23-9-16(26)25-14-7-5-12(20)17(21)18(14)22/h4-8,10,24H,9H2,1-3H3,(H,23,27)(H,25,26). The summed E-state index contributed by atoms with van der Waals surface area (Å²) in [6.07, 6.45) is 0. The van der Waals surface area contributed by atoms with Crippen LogP contribution in [0.25, 0.3) is 0 Å². The molecule has 1 atom stereocenters. The van der Waals surface area contributed by atoms with Gasteiger partial charge >= 0.3 is 0 Å². The zero-order chi connectivity index (χ0) is 21.6. The largest absolute Gasteiger partial charge is 0.497 e. The molecule has 3 N–H and O–H groups in total. The van der Waals surface area contributed by atoms with Crippen LogP contribution in [0.2, 0.25) is 0 Å². The first kappa shape index (κ1) is 21.9. The summed E-state index contributed by atoms with van der Waals surface area (Å²) in [4.78, 5) is 24.0. The Labute approximate surface area is 165 Å². The van der Waals surface area contributed by atoms with Crippen LogP contribution < -0.4 is 25.4 Å². The van der Waals surface area contributed by atoms with Gasteiger partial charge in [-0.2, -0.15) is 0 Å². The number of hydrogen-bond donors (Lipinski definition) is 3. The summed E-state index contributed by atoms with van der Waals surface area (Å²) >= 11 is 0. The summed E-state index contributed by atoms with van der Waals surface area (Å²) in [5.74, 6) is -4.89. The number of halogens is 3. The van der Waals surface area contributed by atoms with Gasteiger partial charge in [-0.15, -0.1) is 0 Å². The molecule has 0 bridgehead atoms. The molecule has 0 aliphatic heterocycles. The molecule has 1 unspecified atom stereocenters. The van der Waals surface area contributed by atoms with Crippen molar-refractivity contribution in [1.29, 1.82) is 0 Å². The summed E-state index contributed by atoms with van der Waals surface area (Å²) in [5, 5.41) is 7.36. The molecule has 0 fully saturated rings. The molecule has 10 heteroatoms. The van der Waals surface area contributed by atoms with Gasteiger partial charge in [0.2, 0.25) is 11.8 Å². The molecule has 7 nitrogen and oxygen atoms in total. The number of rotatable bonds is 8. The number of anilines is 2. The molecule has 0 aliphatic rings. The maximum Gasteiger partial charge on any atom is 0.243 e. The van der Waals surface area contributed by atoms with E-state index in [1.165, 1.54) is 14.2 Å². The average Bonchev–Trinajstić information content (AvgIpc) is 2.72. The van der Waals surface area contributed by atoms with Gasteiger partial charge < -0.3 is 25.4 Å². The van der Waals surface area contributed by atoms with Crippen molar-refractivity contribution in [2.24, 2.45) is 0 Å². The Bertz CT molecular complexity index is 909. The molecule has 29 heavy (non-hydrogen) atoms. The fourth-order valence-electron chi connectivity index (χ4n) is 2.35. The van der Waals surface area contributed by atoms with Crippen LogP contribution >= 0.6 is 0 Å². The van der Waals surface area contributed by atoms with Crippen LogP contribution in [0.1, 0.15) is 6.92 Å². The Morgan fingerprint density at radius 2 is 1.69 bits per heavy atom. The Kier molecular flexibility index (Phi) is 7.29.